The van der Waals surface area contributed by atoms with Crippen molar-refractivity contribution in [3.8, 4) is 0 Å². The van der Waals surface area contributed by atoms with Crippen molar-refractivity contribution in [3.05, 3.63) is 58.8 Å². The molecule has 1 nitrogen and oxygen atoms in total. The number of fused-ring (bicyclic) bond motifs is 5. The molecule has 0 aromatic heterocycles. The molecule has 0 spiro atoms. The molecular formula is C19H21N. The Morgan fingerprint density at radius 3 is 2.80 bits per heavy atom. The molecule has 2 aliphatic carbocycles. The lowest BCUT2D eigenvalue weighted by molar-refractivity contribution is 0.154. The molecule has 0 radical (unpaired) electrons. The van der Waals surface area contributed by atoms with Gasteiger partial charge >= 0.3 is 0 Å². The first-order chi connectivity index (χ1) is 9.55. The molecule has 1 saturated heterocycles. The molecule has 3 aliphatic rings. The third-order valence-corrected chi connectivity index (χ3v) is 4.89. The van der Waals surface area contributed by atoms with E-state index in [1.54, 1.807) is 0 Å². The lowest BCUT2D eigenvalue weighted by Crippen LogP contribution is -2.42. The van der Waals surface area contributed by atoms with Crippen molar-refractivity contribution in [2.24, 2.45) is 11.3 Å². The second kappa shape index (κ2) is 3.88. The fourth-order valence-electron chi connectivity index (χ4n) is 4.15. The minimum atomic E-state index is 0.384. The Morgan fingerprint density at radius 2 is 1.95 bits per heavy atom. The van der Waals surface area contributed by atoms with Crippen LogP contribution in [0.25, 0.3) is 11.6 Å². The van der Waals surface area contributed by atoms with Crippen molar-refractivity contribution in [1.82, 2.24) is 4.90 Å². The van der Waals surface area contributed by atoms with Crippen molar-refractivity contribution in [3.63, 3.8) is 0 Å². The van der Waals surface area contributed by atoms with Crippen LogP contribution in [-0.4, -0.2) is 18.5 Å². The van der Waals surface area contributed by atoms with Crippen LogP contribution in [0.2, 0.25) is 0 Å². The van der Waals surface area contributed by atoms with Crippen molar-refractivity contribution in [2.75, 3.05) is 13.6 Å². The molecule has 1 aromatic carbocycles. The molecule has 0 N–H and O–H groups in total. The number of rotatable bonds is 0. The number of benzene rings is 1. The van der Waals surface area contributed by atoms with Crippen LogP contribution >= 0.6 is 0 Å². The summed E-state index contributed by atoms with van der Waals surface area (Å²) in [5, 5.41) is 0. The maximum atomic E-state index is 2.45. The van der Waals surface area contributed by atoms with Gasteiger partial charge in [0.1, 0.15) is 0 Å². The zero-order valence-electron chi connectivity index (χ0n) is 12.5. The van der Waals surface area contributed by atoms with Gasteiger partial charge in [-0.1, -0.05) is 44.2 Å². The average Bonchev–Trinajstić information content (AvgIpc) is 2.76. The summed E-state index contributed by atoms with van der Waals surface area (Å²) in [6.07, 6.45) is 8.32. The summed E-state index contributed by atoms with van der Waals surface area (Å²) >= 11 is 0. The first-order valence-corrected chi connectivity index (χ1v) is 7.50. The van der Waals surface area contributed by atoms with Gasteiger partial charge in [-0.2, -0.15) is 0 Å². The lowest BCUT2D eigenvalue weighted by Gasteiger charge is -2.45. The van der Waals surface area contributed by atoms with Crippen LogP contribution in [-0.2, 0) is 0 Å². The van der Waals surface area contributed by atoms with Crippen LogP contribution < -0.4 is 0 Å². The molecule has 1 atom stereocenters. The summed E-state index contributed by atoms with van der Waals surface area (Å²) in [6.45, 7) is 5.93. The molecule has 20 heavy (non-hydrogen) atoms. The highest BCUT2D eigenvalue weighted by atomic mass is 15.1. The van der Waals surface area contributed by atoms with Crippen molar-refractivity contribution in [2.45, 2.75) is 20.3 Å². The van der Waals surface area contributed by atoms with E-state index in [9.17, 15) is 0 Å². The van der Waals surface area contributed by atoms with Gasteiger partial charge in [0.2, 0.25) is 0 Å². The predicted octanol–water partition coefficient (Wildman–Crippen LogP) is 4.34. The Balaban J connectivity index is 1.84. The minimum Gasteiger partial charge on any atom is -0.377 e. The van der Waals surface area contributed by atoms with Gasteiger partial charge in [0.25, 0.3) is 0 Å². The van der Waals surface area contributed by atoms with Gasteiger partial charge in [0.15, 0.2) is 0 Å². The first-order valence-electron chi connectivity index (χ1n) is 7.50. The molecule has 102 valence electrons. The van der Waals surface area contributed by atoms with E-state index in [1.165, 1.54) is 34.4 Å². The molecule has 0 bridgehead atoms. The highest BCUT2D eigenvalue weighted by Crippen LogP contribution is 2.50. The molecule has 1 aromatic rings. The van der Waals surface area contributed by atoms with Crippen molar-refractivity contribution in [1.29, 1.82) is 0 Å². The lowest BCUT2D eigenvalue weighted by atomic mass is 9.71. The third-order valence-electron chi connectivity index (χ3n) is 4.89. The number of allylic oxidation sites excluding steroid dienone is 4. The normalized spacial score (nSPS) is 26.1. The number of hydrogen-bond acceptors (Lipinski definition) is 1. The molecule has 4 rings (SSSR count). The molecular weight excluding hydrogens is 242 g/mol. The van der Waals surface area contributed by atoms with Gasteiger partial charge in [0, 0.05) is 25.2 Å². The van der Waals surface area contributed by atoms with Gasteiger partial charge in [-0.05, 0) is 46.3 Å². The van der Waals surface area contributed by atoms with Crippen LogP contribution in [0.3, 0.4) is 0 Å². The Bertz CT molecular complexity index is 673. The molecule has 0 amide bonds. The van der Waals surface area contributed by atoms with Crippen LogP contribution in [0.4, 0.5) is 0 Å². The molecule has 1 unspecified atom stereocenters. The Labute approximate surface area is 121 Å². The fraction of sp³-hybridized carbons (Fsp3) is 0.368. The quantitative estimate of drug-likeness (QED) is 0.673. The number of nitrogens with zero attached hydrogens (tertiary/aromatic N) is 1. The number of piperidine rings is 1. The van der Waals surface area contributed by atoms with Crippen LogP contribution in [0.1, 0.15) is 31.4 Å². The van der Waals surface area contributed by atoms with Crippen LogP contribution in [0.15, 0.2) is 47.7 Å². The summed E-state index contributed by atoms with van der Waals surface area (Å²) in [6, 6.07) is 8.77. The minimum absolute atomic E-state index is 0.384. The van der Waals surface area contributed by atoms with Crippen LogP contribution in [0.5, 0.6) is 0 Å². The molecule has 1 heterocycles. The fourth-order valence-corrected chi connectivity index (χ4v) is 4.15. The first kappa shape index (κ1) is 12.0. The van der Waals surface area contributed by atoms with E-state index in [1.807, 2.05) is 0 Å². The van der Waals surface area contributed by atoms with Crippen LogP contribution in [0, 0.1) is 11.3 Å². The van der Waals surface area contributed by atoms with E-state index in [4.69, 9.17) is 0 Å². The maximum absolute atomic E-state index is 2.45. The Hall–Kier alpha value is -1.76. The molecule has 1 aliphatic heterocycles. The van der Waals surface area contributed by atoms with E-state index in [0.717, 1.165) is 6.54 Å². The molecule has 1 fully saturated rings. The van der Waals surface area contributed by atoms with E-state index < -0.39 is 0 Å². The monoisotopic (exact) mass is 263 g/mol. The van der Waals surface area contributed by atoms with Crippen molar-refractivity contribution < 1.29 is 0 Å². The average molecular weight is 263 g/mol. The van der Waals surface area contributed by atoms with E-state index in [0.29, 0.717) is 11.3 Å². The van der Waals surface area contributed by atoms with E-state index in [2.05, 4.69) is 68.3 Å². The third kappa shape index (κ3) is 1.62. The van der Waals surface area contributed by atoms with Gasteiger partial charge in [0.05, 0.1) is 0 Å². The topological polar surface area (TPSA) is 3.24 Å². The van der Waals surface area contributed by atoms with Crippen molar-refractivity contribution >= 4 is 11.6 Å². The highest BCUT2D eigenvalue weighted by Gasteiger charge is 2.39. The van der Waals surface area contributed by atoms with Gasteiger partial charge in [-0.15, -0.1) is 0 Å². The SMILES string of the molecule is CN1CC(C)(C)CC2C3=Cc4ccccc4C3=CC=C21. The predicted molar refractivity (Wildman–Crippen MR) is 85.0 cm³/mol. The Kier molecular flexibility index (Phi) is 2.33. The smallest absolute Gasteiger partial charge is 0.0251 e. The molecule has 1 heteroatoms. The van der Waals surface area contributed by atoms with E-state index >= 15 is 0 Å². The summed E-state index contributed by atoms with van der Waals surface area (Å²) in [7, 11) is 2.24. The summed E-state index contributed by atoms with van der Waals surface area (Å²) in [5.41, 5.74) is 7.64. The second-order valence-electron chi connectivity index (χ2n) is 7.14. The zero-order chi connectivity index (χ0) is 13.9. The maximum Gasteiger partial charge on any atom is 0.0251 e. The summed E-state index contributed by atoms with van der Waals surface area (Å²) < 4.78 is 0. The molecule has 0 saturated carbocycles. The largest absolute Gasteiger partial charge is 0.377 e. The second-order valence-corrected chi connectivity index (χ2v) is 7.14. The highest BCUT2D eigenvalue weighted by molar-refractivity contribution is 5.96. The van der Waals surface area contributed by atoms with Gasteiger partial charge < -0.3 is 4.90 Å². The zero-order valence-corrected chi connectivity index (χ0v) is 12.5. The standard InChI is InChI=1S/C19H21N/c1-19(2)11-17-16-10-13-6-4-5-7-14(13)15(16)8-9-18(17)20(3)12-19/h4-10,17H,11-12H2,1-3H3. The van der Waals surface area contributed by atoms with E-state index in [-0.39, 0.29) is 0 Å². The summed E-state index contributed by atoms with van der Waals surface area (Å²) in [4.78, 5) is 2.45. The van der Waals surface area contributed by atoms with Gasteiger partial charge in [-0.25, -0.2) is 0 Å². The number of likely N-dealkylation sites (tertiary alicyclic amines) is 1. The Morgan fingerprint density at radius 1 is 1.15 bits per heavy atom. The number of hydrogen-bond donors (Lipinski definition) is 0. The summed E-state index contributed by atoms with van der Waals surface area (Å²) in [5.74, 6) is 0.566. The van der Waals surface area contributed by atoms with Gasteiger partial charge in [-0.3, -0.25) is 0 Å².